The standard InChI is InChI=1S/C17H31N3O4/c1-19(2)9-11-24-15-7-10-23-13-14(15)18-16(21)12-20-8-5-3-4-6-17(20)22/h14-15H,3-13H2,1-2H3,(H,18,21)/t14-,15+/m0/s1. The average Bonchev–Trinajstić information content (AvgIpc) is 2.73. The molecule has 2 rings (SSSR count). The third-order valence-corrected chi connectivity index (χ3v) is 4.52. The van der Waals surface area contributed by atoms with Crippen molar-refractivity contribution in [3.05, 3.63) is 0 Å². The van der Waals surface area contributed by atoms with E-state index in [1.807, 2.05) is 14.1 Å². The first-order valence-electron chi connectivity index (χ1n) is 8.97. The smallest absolute Gasteiger partial charge is 0.240 e. The number of nitrogens with one attached hydrogen (secondary N) is 1. The van der Waals surface area contributed by atoms with Gasteiger partial charge < -0.3 is 24.6 Å². The molecule has 0 bridgehead atoms. The van der Waals surface area contributed by atoms with Crippen LogP contribution < -0.4 is 5.32 Å². The molecule has 0 radical (unpaired) electrons. The van der Waals surface area contributed by atoms with Gasteiger partial charge in [0.1, 0.15) is 0 Å². The summed E-state index contributed by atoms with van der Waals surface area (Å²) in [7, 11) is 4.01. The number of carbonyl (C=O) groups is 2. The van der Waals surface area contributed by atoms with Crippen molar-refractivity contribution >= 4 is 11.8 Å². The van der Waals surface area contributed by atoms with Crippen molar-refractivity contribution in [2.24, 2.45) is 0 Å². The normalized spacial score (nSPS) is 25.6. The van der Waals surface area contributed by atoms with Gasteiger partial charge in [0.15, 0.2) is 0 Å². The fraction of sp³-hybridized carbons (Fsp3) is 0.882. The van der Waals surface area contributed by atoms with Gasteiger partial charge in [-0.15, -0.1) is 0 Å². The Balaban J connectivity index is 1.80. The van der Waals surface area contributed by atoms with Crippen LogP contribution in [0.1, 0.15) is 32.1 Å². The van der Waals surface area contributed by atoms with Crippen molar-refractivity contribution in [3.63, 3.8) is 0 Å². The molecule has 2 saturated heterocycles. The first-order valence-corrected chi connectivity index (χ1v) is 8.97. The van der Waals surface area contributed by atoms with Crippen molar-refractivity contribution in [1.29, 1.82) is 0 Å². The molecule has 2 heterocycles. The highest BCUT2D eigenvalue weighted by Crippen LogP contribution is 2.13. The number of nitrogens with zero attached hydrogens (tertiary/aromatic N) is 2. The van der Waals surface area contributed by atoms with Gasteiger partial charge >= 0.3 is 0 Å². The number of hydrogen-bond donors (Lipinski definition) is 1. The van der Waals surface area contributed by atoms with Crippen LogP contribution in [0.5, 0.6) is 0 Å². The summed E-state index contributed by atoms with van der Waals surface area (Å²) in [5.41, 5.74) is 0. The fourth-order valence-electron chi connectivity index (χ4n) is 3.07. The fourth-order valence-corrected chi connectivity index (χ4v) is 3.07. The number of rotatable bonds is 7. The summed E-state index contributed by atoms with van der Waals surface area (Å²) < 4.78 is 11.4. The zero-order chi connectivity index (χ0) is 17.4. The van der Waals surface area contributed by atoms with E-state index in [4.69, 9.17) is 9.47 Å². The number of carbonyl (C=O) groups excluding carboxylic acids is 2. The Hall–Kier alpha value is -1.18. The molecule has 0 aromatic rings. The SMILES string of the molecule is CN(C)CCO[C@@H]1CCOC[C@@H]1NC(=O)CN1CCCCCC1=O. The van der Waals surface area contributed by atoms with Crippen molar-refractivity contribution in [2.45, 2.75) is 44.2 Å². The van der Waals surface area contributed by atoms with Crippen LogP contribution in [0, 0.1) is 0 Å². The first kappa shape index (κ1) is 19.1. The van der Waals surface area contributed by atoms with Gasteiger partial charge in [0.25, 0.3) is 0 Å². The zero-order valence-electron chi connectivity index (χ0n) is 15.0. The highest BCUT2D eigenvalue weighted by Gasteiger charge is 2.29. The van der Waals surface area contributed by atoms with E-state index in [0.29, 0.717) is 32.8 Å². The molecule has 2 fully saturated rings. The second kappa shape index (κ2) is 9.96. The Morgan fingerprint density at radius 3 is 3.00 bits per heavy atom. The lowest BCUT2D eigenvalue weighted by molar-refractivity contribution is -0.137. The largest absolute Gasteiger partial charge is 0.379 e. The second-order valence-electron chi connectivity index (χ2n) is 6.88. The highest BCUT2D eigenvalue weighted by molar-refractivity contribution is 5.85. The maximum Gasteiger partial charge on any atom is 0.240 e. The molecule has 24 heavy (non-hydrogen) atoms. The molecule has 0 aliphatic carbocycles. The van der Waals surface area contributed by atoms with E-state index >= 15 is 0 Å². The van der Waals surface area contributed by atoms with Crippen LogP contribution in [0.2, 0.25) is 0 Å². The lowest BCUT2D eigenvalue weighted by Crippen LogP contribution is -2.53. The summed E-state index contributed by atoms with van der Waals surface area (Å²) in [6.45, 7) is 3.42. The van der Waals surface area contributed by atoms with Gasteiger partial charge in [0.2, 0.25) is 11.8 Å². The summed E-state index contributed by atoms with van der Waals surface area (Å²) in [5.74, 6) is -0.0386. The van der Waals surface area contributed by atoms with Gasteiger partial charge in [-0.2, -0.15) is 0 Å². The summed E-state index contributed by atoms with van der Waals surface area (Å²) in [4.78, 5) is 28.1. The molecule has 138 valence electrons. The molecule has 7 nitrogen and oxygen atoms in total. The van der Waals surface area contributed by atoms with E-state index in [-0.39, 0.29) is 30.5 Å². The Kier molecular flexibility index (Phi) is 7.94. The van der Waals surface area contributed by atoms with Gasteiger partial charge in [-0.3, -0.25) is 9.59 Å². The van der Waals surface area contributed by atoms with Gasteiger partial charge in [0.05, 0.1) is 31.9 Å². The van der Waals surface area contributed by atoms with Gasteiger partial charge in [0, 0.05) is 26.1 Å². The van der Waals surface area contributed by atoms with E-state index in [0.717, 1.165) is 32.2 Å². The summed E-state index contributed by atoms with van der Waals surface area (Å²) in [5, 5.41) is 3.00. The zero-order valence-corrected chi connectivity index (χ0v) is 15.0. The summed E-state index contributed by atoms with van der Waals surface area (Å²) >= 11 is 0. The number of likely N-dealkylation sites (tertiary alicyclic amines) is 1. The van der Waals surface area contributed by atoms with Crippen molar-refractivity contribution < 1.29 is 19.1 Å². The van der Waals surface area contributed by atoms with Crippen LogP contribution in [-0.2, 0) is 19.1 Å². The van der Waals surface area contributed by atoms with Crippen molar-refractivity contribution in [3.8, 4) is 0 Å². The van der Waals surface area contributed by atoms with E-state index in [2.05, 4.69) is 10.2 Å². The molecule has 2 aliphatic heterocycles. The molecule has 2 aliphatic rings. The highest BCUT2D eigenvalue weighted by atomic mass is 16.5. The predicted octanol–water partition coefficient (Wildman–Crippen LogP) is 0.241. The molecule has 0 unspecified atom stereocenters. The topological polar surface area (TPSA) is 71.1 Å². The minimum absolute atomic E-state index is 0.0255. The molecular formula is C17H31N3O4. The average molecular weight is 341 g/mol. The van der Waals surface area contributed by atoms with E-state index in [9.17, 15) is 9.59 Å². The third-order valence-electron chi connectivity index (χ3n) is 4.52. The number of hydrogen-bond acceptors (Lipinski definition) is 5. The maximum absolute atomic E-state index is 12.3. The molecule has 2 atom stereocenters. The Morgan fingerprint density at radius 2 is 2.21 bits per heavy atom. The Bertz CT molecular complexity index is 417. The first-order chi connectivity index (χ1) is 11.6. The summed E-state index contributed by atoms with van der Waals surface area (Å²) in [6.07, 6.45) is 4.26. The van der Waals surface area contributed by atoms with E-state index in [1.54, 1.807) is 4.90 Å². The van der Waals surface area contributed by atoms with Crippen LogP contribution in [0.15, 0.2) is 0 Å². The predicted molar refractivity (Wildman–Crippen MR) is 90.7 cm³/mol. The molecule has 2 amide bonds. The Morgan fingerprint density at radius 1 is 1.38 bits per heavy atom. The number of amides is 2. The lowest BCUT2D eigenvalue weighted by atomic mass is 10.1. The van der Waals surface area contributed by atoms with Crippen LogP contribution in [0.3, 0.4) is 0 Å². The van der Waals surface area contributed by atoms with E-state index in [1.165, 1.54) is 0 Å². The lowest BCUT2D eigenvalue weighted by Gasteiger charge is -2.33. The van der Waals surface area contributed by atoms with Crippen molar-refractivity contribution in [2.75, 3.05) is 53.6 Å². The van der Waals surface area contributed by atoms with Gasteiger partial charge in [-0.25, -0.2) is 0 Å². The van der Waals surface area contributed by atoms with E-state index < -0.39 is 0 Å². The molecular weight excluding hydrogens is 310 g/mol. The minimum Gasteiger partial charge on any atom is -0.379 e. The van der Waals surface area contributed by atoms with Crippen LogP contribution in [0.25, 0.3) is 0 Å². The molecule has 0 spiro atoms. The van der Waals surface area contributed by atoms with Crippen molar-refractivity contribution in [1.82, 2.24) is 15.1 Å². The maximum atomic E-state index is 12.3. The molecule has 0 aromatic carbocycles. The molecule has 0 saturated carbocycles. The summed E-state index contributed by atoms with van der Waals surface area (Å²) in [6, 6.07) is -0.143. The number of likely N-dealkylation sites (N-methyl/N-ethyl adjacent to an activating group) is 1. The van der Waals surface area contributed by atoms with Crippen LogP contribution in [-0.4, -0.2) is 87.3 Å². The second-order valence-corrected chi connectivity index (χ2v) is 6.88. The molecule has 7 heteroatoms. The van der Waals surface area contributed by atoms with Crippen LogP contribution >= 0.6 is 0 Å². The van der Waals surface area contributed by atoms with Gasteiger partial charge in [-0.05, 0) is 33.4 Å². The Labute approximate surface area is 144 Å². The quantitative estimate of drug-likeness (QED) is 0.718. The monoisotopic (exact) mass is 341 g/mol. The number of ether oxygens (including phenoxy) is 2. The third kappa shape index (κ3) is 6.37. The van der Waals surface area contributed by atoms with Gasteiger partial charge in [-0.1, -0.05) is 6.42 Å². The van der Waals surface area contributed by atoms with Crippen LogP contribution in [0.4, 0.5) is 0 Å². The minimum atomic E-state index is -0.143. The molecule has 0 aromatic heterocycles. The molecule has 1 N–H and O–H groups in total.